The fraction of sp³-hybridized carbons (Fsp3) is 0.200. The van der Waals surface area contributed by atoms with Gasteiger partial charge in [-0.05, 0) is 37.6 Å². The molecule has 0 bridgehead atoms. The van der Waals surface area contributed by atoms with E-state index in [1.165, 1.54) is 0 Å². The standard InChI is InChI=1S/C20H19NO4/c1-12-8-9-14(10-18(12)24-3)20(23)25-13(2)19(22)16-11-21-17-7-5-4-6-15(16)17/h4-11,13,21H,1-3H3/t13-/m0/s1. The van der Waals surface area contributed by atoms with Crippen molar-refractivity contribution in [2.45, 2.75) is 20.0 Å². The summed E-state index contributed by atoms with van der Waals surface area (Å²) in [5.74, 6) is -0.200. The minimum Gasteiger partial charge on any atom is -0.496 e. The molecule has 0 amide bonds. The number of H-pyrrole nitrogens is 1. The molecule has 0 radical (unpaired) electrons. The van der Waals surface area contributed by atoms with Gasteiger partial charge >= 0.3 is 5.97 Å². The van der Waals surface area contributed by atoms with E-state index in [-0.39, 0.29) is 5.78 Å². The van der Waals surface area contributed by atoms with Crippen molar-refractivity contribution >= 4 is 22.7 Å². The number of aryl methyl sites for hydroxylation is 1. The number of Topliss-reactive ketones (excluding diaryl/α,β-unsaturated/α-hetero) is 1. The molecule has 1 heterocycles. The van der Waals surface area contributed by atoms with Crippen molar-refractivity contribution in [1.29, 1.82) is 0 Å². The molecule has 0 aliphatic heterocycles. The number of hydrogen-bond donors (Lipinski definition) is 1. The summed E-state index contributed by atoms with van der Waals surface area (Å²) < 4.78 is 10.6. The number of carbonyl (C=O) groups is 2. The number of nitrogens with one attached hydrogen (secondary N) is 1. The number of ketones is 1. The first-order chi connectivity index (χ1) is 12.0. The molecule has 1 N–H and O–H groups in total. The van der Waals surface area contributed by atoms with E-state index in [4.69, 9.17) is 9.47 Å². The van der Waals surface area contributed by atoms with E-state index in [9.17, 15) is 9.59 Å². The van der Waals surface area contributed by atoms with E-state index in [2.05, 4.69) is 4.98 Å². The second kappa shape index (κ2) is 6.81. The summed E-state index contributed by atoms with van der Waals surface area (Å²) in [5, 5.41) is 0.812. The van der Waals surface area contributed by atoms with Crippen LogP contribution in [0, 0.1) is 6.92 Å². The van der Waals surface area contributed by atoms with E-state index < -0.39 is 12.1 Å². The topological polar surface area (TPSA) is 68.4 Å². The lowest BCUT2D eigenvalue weighted by atomic mass is 10.1. The quantitative estimate of drug-likeness (QED) is 0.566. The molecule has 2 aromatic carbocycles. The minimum atomic E-state index is -0.890. The third-order valence-electron chi connectivity index (χ3n) is 4.15. The van der Waals surface area contributed by atoms with Gasteiger partial charge in [0, 0.05) is 22.7 Å². The fourth-order valence-corrected chi connectivity index (χ4v) is 2.72. The lowest BCUT2D eigenvalue weighted by Crippen LogP contribution is -2.24. The molecule has 1 atom stereocenters. The molecule has 0 fully saturated rings. The zero-order chi connectivity index (χ0) is 18.0. The van der Waals surface area contributed by atoms with Crippen LogP contribution in [0.4, 0.5) is 0 Å². The van der Waals surface area contributed by atoms with Gasteiger partial charge in [0.05, 0.1) is 12.7 Å². The van der Waals surface area contributed by atoms with Crippen LogP contribution in [0.3, 0.4) is 0 Å². The van der Waals surface area contributed by atoms with Gasteiger partial charge in [0.1, 0.15) is 5.75 Å². The fourth-order valence-electron chi connectivity index (χ4n) is 2.72. The molecular formula is C20H19NO4. The molecule has 0 unspecified atom stereocenters. The van der Waals surface area contributed by atoms with Gasteiger partial charge in [-0.2, -0.15) is 0 Å². The maximum atomic E-state index is 12.6. The molecule has 0 spiro atoms. The van der Waals surface area contributed by atoms with Crippen LogP contribution < -0.4 is 4.74 Å². The molecule has 0 saturated carbocycles. The second-order valence-corrected chi connectivity index (χ2v) is 5.84. The van der Waals surface area contributed by atoms with Crippen LogP contribution in [0.2, 0.25) is 0 Å². The van der Waals surface area contributed by atoms with Crippen molar-refractivity contribution in [2.75, 3.05) is 7.11 Å². The SMILES string of the molecule is COc1cc(C(=O)O[C@@H](C)C(=O)c2c[nH]c3ccccc23)ccc1C. The maximum Gasteiger partial charge on any atom is 0.338 e. The Morgan fingerprint density at radius 1 is 1.12 bits per heavy atom. The third-order valence-corrected chi connectivity index (χ3v) is 4.15. The predicted molar refractivity (Wildman–Crippen MR) is 95.2 cm³/mol. The van der Waals surface area contributed by atoms with Crippen molar-refractivity contribution in [3.63, 3.8) is 0 Å². The first kappa shape index (κ1) is 16.8. The second-order valence-electron chi connectivity index (χ2n) is 5.84. The number of carbonyl (C=O) groups excluding carboxylic acids is 2. The molecule has 25 heavy (non-hydrogen) atoms. The van der Waals surface area contributed by atoms with Crippen LogP contribution in [0.1, 0.15) is 33.2 Å². The number of ether oxygens (including phenoxy) is 2. The zero-order valence-electron chi connectivity index (χ0n) is 14.3. The largest absolute Gasteiger partial charge is 0.496 e. The van der Waals surface area contributed by atoms with Crippen molar-refractivity contribution in [3.8, 4) is 5.75 Å². The lowest BCUT2D eigenvalue weighted by Gasteiger charge is -2.13. The number of methoxy groups -OCH3 is 1. The summed E-state index contributed by atoms with van der Waals surface area (Å²) in [6.45, 7) is 3.46. The average Bonchev–Trinajstić information content (AvgIpc) is 3.05. The number of aromatic nitrogens is 1. The van der Waals surface area contributed by atoms with Crippen LogP contribution >= 0.6 is 0 Å². The Hall–Kier alpha value is -3.08. The minimum absolute atomic E-state index is 0.245. The van der Waals surface area contributed by atoms with Crippen molar-refractivity contribution in [3.05, 3.63) is 65.4 Å². The zero-order valence-corrected chi connectivity index (χ0v) is 14.3. The van der Waals surface area contributed by atoms with Gasteiger partial charge < -0.3 is 14.5 Å². The van der Waals surface area contributed by atoms with Crippen LogP contribution in [0.5, 0.6) is 5.75 Å². The van der Waals surface area contributed by atoms with Gasteiger partial charge in [0.2, 0.25) is 5.78 Å². The number of para-hydroxylation sites is 1. The summed E-state index contributed by atoms with van der Waals surface area (Å²) in [7, 11) is 1.54. The van der Waals surface area contributed by atoms with Gasteiger partial charge in [-0.1, -0.05) is 24.3 Å². The van der Waals surface area contributed by atoms with Crippen LogP contribution in [0.25, 0.3) is 10.9 Å². The Morgan fingerprint density at radius 3 is 2.64 bits per heavy atom. The van der Waals surface area contributed by atoms with Crippen LogP contribution in [0.15, 0.2) is 48.7 Å². The van der Waals surface area contributed by atoms with Gasteiger partial charge in [0.25, 0.3) is 0 Å². The van der Waals surface area contributed by atoms with E-state index in [0.717, 1.165) is 16.5 Å². The maximum absolute atomic E-state index is 12.6. The number of rotatable bonds is 5. The molecule has 3 aromatic rings. The first-order valence-electron chi connectivity index (χ1n) is 7.97. The van der Waals surface area contributed by atoms with Gasteiger partial charge in [0.15, 0.2) is 6.10 Å². The Bertz CT molecular complexity index is 942. The Labute approximate surface area is 145 Å². The lowest BCUT2D eigenvalue weighted by molar-refractivity contribution is 0.0319. The average molecular weight is 337 g/mol. The molecule has 5 nitrogen and oxygen atoms in total. The first-order valence-corrected chi connectivity index (χ1v) is 7.97. The summed E-state index contributed by atoms with van der Waals surface area (Å²) in [5.41, 5.74) is 2.65. The Balaban J connectivity index is 1.78. The molecular weight excluding hydrogens is 318 g/mol. The molecule has 3 rings (SSSR count). The van der Waals surface area contributed by atoms with Crippen molar-refractivity contribution < 1.29 is 19.1 Å². The monoisotopic (exact) mass is 337 g/mol. The van der Waals surface area contributed by atoms with Gasteiger partial charge in [-0.25, -0.2) is 4.79 Å². The van der Waals surface area contributed by atoms with Gasteiger partial charge in [-0.3, -0.25) is 4.79 Å². The van der Waals surface area contributed by atoms with Crippen LogP contribution in [-0.4, -0.2) is 30.0 Å². The molecule has 0 aliphatic rings. The van der Waals surface area contributed by atoms with E-state index >= 15 is 0 Å². The summed E-state index contributed by atoms with van der Waals surface area (Å²) >= 11 is 0. The highest BCUT2D eigenvalue weighted by atomic mass is 16.5. The molecule has 0 aliphatic carbocycles. The predicted octanol–water partition coefficient (Wildman–Crippen LogP) is 3.91. The number of esters is 1. The summed E-state index contributed by atoms with van der Waals surface area (Å²) in [4.78, 5) is 28.0. The van der Waals surface area contributed by atoms with Crippen molar-refractivity contribution in [2.24, 2.45) is 0 Å². The van der Waals surface area contributed by atoms with Crippen molar-refractivity contribution in [1.82, 2.24) is 4.98 Å². The van der Waals surface area contributed by atoms with Gasteiger partial charge in [-0.15, -0.1) is 0 Å². The Kier molecular flexibility index (Phi) is 4.57. The highest BCUT2D eigenvalue weighted by Crippen LogP contribution is 2.22. The third kappa shape index (κ3) is 3.26. The normalized spacial score (nSPS) is 12.0. The smallest absolute Gasteiger partial charge is 0.338 e. The molecule has 0 saturated heterocycles. The molecule has 5 heteroatoms. The number of benzene rings is 2. The highest BCUT2D eigenvalue weighted by Gasteiger charge is 2.23. The number of fused-ring (bicyclic) bond motifs is 1. The molecule has 1 aromatic heterocycles. The van der Waals surface area contributed by atoms with Crippen LogP contribution in [-0.2, 0) is 4.74 Å². The summed E-state index contributed by atoms with van der Waals surface area (Å²) in [6.07, 6.45) is 0.755. The van der Waals surface area contributed by atoms with E-state index in [0.29, 0.717) is 16.9 Å². The molecule has 128 valence electrons. The Morgan fingerprint density at radius 2 is 1.88 bits per heavy atom. The highest BCUT2D eigenvalue weighted by molar-refractivity contribution is 6.10. The number of aromatic amines is 1. The summed E-state index contributed by atoms with van der Waals surface area (Å²) in [6, 6.07) is 12.6. The number of hydrogen-bond acceptors (Lipinski definition) is 4. The van der Waals surface area contributed by atoms with E-state index in [1.807, 2.05) is 31.2 Å². The van der Waals surface area contributed by atoms with E-state index in [1.54, 1.807) is 38.4 Å².